The largest absolute Gasteiger partial charge is 0.491 e. The Bertz CT molecular complexity index is 727. The minimum atomic E-state index is -0.824. The standard InChI is InChI=1S/C27H38F2O/c1-3-30-25-17-16-24(26(28)27(25)29)23-14-12-22(13-15-23)21-10-8-20(9-11-21)19-6-4-18(2)5-7-19/h8,10,16-23H,3-7,9,11-15H2,1-2H3. The Morgan fingerprint density at radius 3 is 1.87 bits per heavy atom. The van der Waals surface area contributed by atoms with Crippen LogP contribution in [0.2, 0.25) is 0 Å². The molecule has 2 atom stereocenters. The number of hydrogen-bond acceptors (Lipinski definition) is 1. The third-order valence-electron chi connectivity index (χ3n) is 8.30. The van der Waals surface area contributed by atoms with Crippen LogP contribution in [0.1, 0.15) is 89.5 Å². The molecule has 1 aromatic carbocycles. The Hall–Kier alpha value is -1.38. The monoisotopic (exact) mass is 416 g/mol. The zero-order valence-electron chi connectivity index (χ0n) is 18.7. The van der Waals surface area contributed by atoms with E-state index in [9.17, 15) is 8.78 Å². The van der Waals surface area contributed by atoms with Gasteiger partial charge in [-0.2, -0.15) is 4.39 Å². The van der Waals surface area contributed by atoms with Crippen molar-refractivity contribution < 1.29 is 13.5 Å². The summed E-state index contributed by atoms with van der Waals surface area (Å²) >= 11 is 0. The molecule has 4 rings (SSSR count). The van der Waals surface area contributed by atoms with Crippen molar-refractivity contribution in [3.8, 4) is 5.75 Å². The predicted octanol–water partition coefficient (Wildman–Crippen LogP) is 8.05. The lowest BCUT2D eigenvalue weighted by Gasteiger charge is -2.38. The van der Waals surface area contributed by atoms with Crippen molar-refractivity contribution in [2.45, 2.75) is 84.0 Å². The summed E-state index contributed by atoms with van der Waals surface area (Å²) in [4.78, 5) is 0. The maximum atomic E-state index is 14.6. The van der Waals surface area contributed by atoms with Gasteiger partial charge in [0.2, 0.25) is 5.82 Å². The molecule has 2 fully saturated rings. The summed E-state index contributed by atoms with van der Waals surface area (Å²) in [6.45, 7) is 4.52. The molecule has 0 N–H and O–H groups in total. The first kappa shape index (κ1) is 21.8. The summed E-state index contributed by atoms with van der Waals surface area (Å²) in [6.07, 6.45) is 17.5. The number of hydrogen-bond donors (Lipinski definition) is 0. The van der Waals surface area contributed by atoms with Gasteiger partial charge in [-0.05, 0) is 105 Å². The fourth-order valence-corrected chi connectivity index (χ4v) is 6.35. The molecular weight excluding hydrogens is 378 g/mol. The van der Waals surface area contributed by atoms with Gasteiger partial charge in [-0.15, -0.1) is 0 Å². The molecule has 166 valence electrons. The lowest BCUT2D eigenvalue weighted by molar-refractivity contribution is 0.195. The van der Waals surface area contributed by atoms with E-state index in [1.165, 1.54) is 38.5 Å². The Morgan fingerprint density at radius 1 is 0.767 bits per heavy atom. The molecule has 30 heavy (non-hydrogen) atoms. The van der Waals surface area contributed by atoms with Crippen molar-refractivity contribution in [2.24, 2.45) is 29.6 Å². The molecule has 1 aromatic rings. The van der Waals surface area contributed by atoms with Gasteiger partial charge in [0.25, 0.3) is 0 Å². The Labute approximate surface area is 181 Å². The molecule has 1 nitrogen and oxygen atoms in total. The van der Waals surface area contributed by atoms with Gasteiger partial charge in [-0.3, -0.25) is 0 Å². The van der Waals surface area contributed by atoms with Crippen LogP contribution in [0.25, 0.3) is 0 Å². The number of ether oxygens (including phenoxy) is 1. The van der Waals surface area contributed by atoms with Crippen LogP contribution in [0.4, 0.5) is 8.78 Å². The van der Waals surface area contributed by atoms with Crippen molar-refractivity contribution in [1.82, 2.24) is 0 Å². The summed E-state index contributed by atoms with van der Waals surface area (Å²) in [5.74, 6) is 2.66. The summed E-state index contributed by atoms with van der Waals surface area (Å²) in [6, 6.07) is 3.34. The van der Waals surface area contributed by atoms with Gasteiger partial charge >= 0.3 is 0 Å². The molecule has 0 aromatic heterocycles. The van der Waals surface area contributed by atoms with Gasteiger partial charge in [-0.1, -0.05) is 38.0 Å². The second-order valence-electron chi connectivity index (χ2n) is 10.1. The highest BCUT2D eigenvalue weighted by Crippen LogP contribution is 2.45. The number of rotatable bonds is 5. The van der Waals surface area contributed by atoms with Gasteiger partial charge in [0.05, 0.1) is 6.61 Å². The van der Waals surface area contributed by atoms with Crippen LogP contribution in [0.5, 0.6) is 5.75 Å². The fourth-order valence-electron chi connectivity index (χ4n) is 6.35. The molecule has 0 spiro atoms. The van der Waals surface area contributed by atoms with Gasteiger partial charge in [-0.25, -0.2) is 4.39 Å². The van der Waals surface area contributed by atoms with E-state index in [1.807, 2.05) is 0 Å². The lowest BCUT2D eigenvalue weighted by atomic mass is 9.67. The van der Waals surface area contributed by atoms with E-state index in [2.05, 4.69) is 19.1 Å². The number of halogens is 2. The first-order valence-electron chi connectivity index (χ1n) is 12.4. The summed E-state index contributed by atoms with van der Waals surface area (Å²) in [5, 5.41) is 0. The van der Waals surface area contributed by atoms with E-state index >= 15 is 0 Å². The van der Waals surface area contributed by atoms with Gasteiger partial charge in [0.1, 0.15) is 0 Å². The molecule has 2 unspecified atom stereocenters. The molecule has 3 aliphatic carbocycles. The molecular formula is C27H38F2O. The molecule has 2 saturated carbocycles. The second-order valence-corrected chi connectivity index (χ2v) is 10.1. The fraction of sp³-hybridized carbons (Fsp3) is 0.704. The quantitative estimate of drug-likeness (QED) is 0.441. The lowest BCUT2D eigenvalue weighted by Crippen LogP contribution is -2.26. The highest BCUT2D eigenvalue weighted by molar-refractivity contribution is 5.33. The second kappa shape index (κ2) is 9.83. The van der Waals surface area contributed by atoms with Crippen molar-refractivity contribution in [3.05, 3.63) is 41.5 Å². The van der Waals surface area contributed by atoms with Crippen LogP contribution in [0, 0.1) is 41.2 Å². The predicted molar refractivity (Wildman–Crippen MR) is 119 cm³/mol. The normalized spacial score (nSPS) is 34.7. The first-order chi connectivity index (χ1) is 14.6. The zero-order valence-corrected chi connectivity index (χ0v) is 18.7. The van der Waals surface area contributed by atoms with E-state index < -0.39 is 11.6 Å². The van der Waals surface area contributed by atoms with Crippen LogP contribution in [0.15, 0.2) is 24.3 Å². The summed E-state index contributed by atoms with van der Waals surface area (Å²) in [5.41, 5.74) is 0.542. The van der Waals surface area contributed by atoms with E-state index in [1.54, 1.807) is 19.1 Å². The van der Waals surface area contributed by atoms with Crippen LogP contribution >= 0.6 is 0 Å². The molecule has 0 saturated heterocycles. The Kier molecular flexibility index (Phi) is 7.16. The van der Waals surface area contributed by atoms with E-state index in [0.717, 1.165) is 43.4 Å². The molecule has 0 amide bonds. The highest BCUT2D eigenvalue weighted by atomic mass is 19.2. The van der Waals surface area contributed by atoms with Crippen molar-refractivity contribution in [1.29, 1.82) is 0 Å². The first-order valence-corrected chi connectivity index (χ1v) is 12.4. The summed E-state index contributed by atoms with van der Waals surface area (Å²) in [7, 11) is 0. The average molecular weight is 417 g/mol. The Morgan fingerprint density at radius 2 is 1.33 bits per heavy atom. The minimum absolute atomic E-state index is 0.0294. The molecule has 0 heterocycles. The van der Waals surface area contributed by atoms with Gasteiger partial charge in [0.15, 0.2) is 11.6 Å². The molecule has 0 radical (unpaired) electrons. The van der Waals surface area contributed by atoms with Crippen LogP contribution in [0.3, 0.4) is 0 Å². The third kappa shape index (κ3) is 4.75. The summed E-state index contributed by atoms with van der Waals surface area (Å²) < 4.78 is 34.1. The van der Waals surface area contributed by atoms with Crippen molar-refractivity contribution in [2.75, 3.05) is 6.61 Å². The van der Waals surface area contributed by atoms with Crippen LogP contribution in [-0.4, -0.2) is 6.61 Å². The van der Waals surface area contributed by atoms with Crippen LogP contribution < -0.4 is 4.74 Å². The van der Waals surface area contributed by atoms with E-state index in [0.29, 0.717) is 24.0 Å². The smallest absolute Gasteiger partial charge is 0.200 e. The minimum Gasteiger partial charge on any atom is -0.491 e. The topological polar surface area (TPSA) is 9.23 Å². The Balaban J connectivity index is 1.31. The highest BCUT2D eigenvalue weighted by Gasteiger charge is 2.33. The maximum Gasteiger partial charge on any atom is 0.200 e. The van der Waals surface area contributed by atoms with Crippen molar-refractivity contribution in [3.63, 3.8) is 0 Å². The van der Waals surface area contributed by atoms with E-state index in [4.69, 9.17) is 4.74 Å². The zero-order chi connectivity index (χ0) is 21.1. The van der Waals surface area contributed by atoms with E-state index in [-0.39, 0.29) is 11.7 Å². The van der Waals surface area contributed by atoms with Gasteiger partial charge in [0, 0.05) is 0 Å². The maximum absolute atomic E-state index is 14.6. The average Bonchev–Trinajstić information content (AvgIpc) is 2.78. The molecule has 3 aliphatic rings. The molecule has 0 aliphatic heterocycles. The number of benzene rings is 1. The van der Waals surface area contributed by atoms with Crippen molar-refractivity contribution >= 4 is 0 Å². The van der Waals surface area contributed by atoms with Crippen LogP contribution in [-0.2, 0) is 0 Å². The molecule has 0 bridgehead atoms. The SMILES string of the molecule is CCOc1ccc(C2CCC(C3C=CC(C4CCC(C)CC4)CC3)CC2)c(F)c1F. The third-order valence-corrected chi connectivity index (χ3v) is 8.30. The number of allylic oxidation sites excluding steroid dienone is 2. The molecule has 3 heteroatoms. The van der Waals surface area contributed by atoms with Gasteiger partial charge < -0.3 is 4.74 Å².